The Morgan fingerprint density at radius 2 is 2.04 bits per heavy atom. The largest absolute Gasteiger partial charge is 0.479 e. The van der Waals surface area contributed by atoms with E-state index in [0.29, 0.717) is 29.8 Å². The van der Waals surface area contributed by atoms with Crippen LogP contribution in [0.25, 0.3) is 11.3 Å². The zero-order chi connectivity index (χ0) is 19.8. The first-order chi connectivity index (χ1) is 12.9. The van der Waals surface area contributed by atoms with Crippen molar-refractivity contribution in [3.05, 3.63) is 42.4 Å². The summed E-state index contributed by atoms with van der Waals surface area (Å²) in [5, 5.41) is 6.55. The first-order valence-electron chi connectivity index (χ1n) is 8.54. The Bertz CT molecular complexity index is 867. The van der Waals surface area contributed by atoms with Gasteiger partial charge in [0.2, 0.25) is 0 Å². The molecule has 2 radical (unpaired) electrons. The second-order valence-corrected chi connectivity index (χ2v) is 6.09. The molecule has 2 aromatic rings. The SMILES string of the molecule is [CH2-]C(C)OC(=O)Nc1c(C)noc1-c1ccc(C#CC[B]CC(C)=O)cc1.[Y]. The molecular weight excluding hydrogens is 432 g/mol. The third-order valence-electron chi connectivity index (χ3n) is 3.46. The molecule has 0 fully saturated rings. The van der Waals surface area contributed by atoms with Crippen LogP contribution in [0, 0.1) is 25.7 Å². The van der Waals surface area contributed by atoms with E-state index >= 15 is 0 Å². The van der Waals surface area contributed by atoms with Crippen LogP contribution in [-0.2, 0) is 42.2 Å². The van der Waals surface area contributed by atoms with Crippen molar-refractivity contribution in [2.24, 2.45) is 0 Å². The standard InChI is InChI=1S/C20H21BN2O4.Y/c1-13(2)26-20(25)22-18-15(4)23-27-19(18)17-9-7-16(8-10-17)6-5-11-21-12-14(3)24;/h7-10,13H,1,11-12H2,2-4H3,(H,22,25);/q-1;. The van der Waals surface area contributed by atoms with Gasteiger partial charge < -0.3 is 21.0 Å². The topological polar surface area (TPSA) is 81.4 Å². The second kappa shape index (κ2) is 11.8. The minimum Gasteiger partial charge on any atom is -0.479 e. The van der Waals surface area contributed by atoms with E-state index in [2.05, 4.69) is 29.2 Å². The van der Waals surface area contributed by atoms with Crippen molar-refractivity contribution in [3.8, 4) is 23.2 Å². The Hall–Kier alpha value is -1.90. The molecule has 1 N–H and O–H groups in total. The molecule has 1 unspecified atom stereocenters. The summed E-state index contributed by atoms with van der Waals surface area (Å²) >= 11 is 0. The van der Waals surface area contributed by atoms with Crippen LogP contribution in [0.1, 0.15) is 25.1 Å². The molecule has 1 atom stereocenters. The van der Waals surface area contributed by atoms with Gasteiger partial charge in [-0.1, -0.05) is 18.0 Å². The number of hydrogen-bond donors (Lipinski definition) is 1. The van der Waals surface area contributed by atoms with Crippen LogP contribution < -0.4 is 5.32 Å². The summed E-state index contributed by atoms with van der Waals surface area (Å²) in [5.74, 6) is 6.60. The number of hydrogen-bond acceptors (Lipinski definition) is 5. The summed E-state index contributed by atoms with van der Waals surface area (Å²) < 4.78 is 10.3. The summed E-state index contributed by atoms with van der Waals surface area (Å²) in [5.41, 5.74) is 2.59. The summed E-state index contributed by atoms with van der Waals surface area (Å²) in [6, 6.07) is 7.38. The Balaban J connectivity index is 0.00000392. The average Bonchev–Trinajstić information content (AvgIpc) is 2.95. The van der Waals surface area contributed by atoms with Gasteiger partial charge in [-0.25, -0.2) is 4.79 Å². The monoisotopic (exact) mass is 453 g/mol. The van der Waals surface area contributed by atoms with Crippen LogP contribution in [0.2, 0.25) is 12.6 Å². The molecule has 0 aliphatic carbocycles. The first kappa shape index (κ1) is 24.1. The smallest absolute Gasteiger partial charge is 0.409 e. The van der Waals surface area contributed by atoms with Gasteiger partial charge in [0, 0.05) is 43.8 Å². The normalized spacial score (nSPS) is 10.7. The Labute approximate surface area is 191 Å². The summed E-state index contributed by atoms with van der Waals surface area (Å²) in [6.45, 7) is 8.56. The second-order valence-electron chi connectivity index (χ2n) is 6.09. The molecule has 0 aliphatic rings. The molecule has 28 heavy (non-hydrogen) atoms. The molecule has 8 heteroatoms. The Morgan fingerprint density at radius 3 is 2.64 bits per heavy atom. The van der Waals surface area contributed by atoms with Crippen LogP contribution in [-0.4, -0.2) is 30.4 Å². The fraction of sp³-hybridized carbons (Fsp3) is 0.300. The quantitative estimate of drug-likeness (QED) is 0.311. The van der Waals surface area contributed by atoms with Crippen LogP contribution in [0.4, 0.5) is 10.5 Å². The number of anilines is 1. The van der Waals surface area contributed by atoms with Crippen molar-refractivity contribution >= 4 is 24.8 Å². The predicted octanol–water partition coefficient (Wildman–Crippen LogP) is 3.90. The molecule has 1 aromatic carbocycles. The van der Waals surface area contributed by atoms with Gasteiger partial charge in [0.25, 0.3) is 0 Å². The molecule has 0 aliphatic heterocycles. The number of nitrogens with zero attached hydrogens (tertiary/aromatic N) is 1. The van der Waals surface area contributed by atoms with Crippen molar-refractivity contribution < 1.29 is 51.6 Å². The number of carbonyl (C=O) groups excluding carboxylic acids is 2. The fourth-order valence-electron chi connectivity index (χ4n) is 2.23. The molecule has 0 bridgehead atoms. The van der Waals surface area contributed by atoms with Crippen LogP contribution >= 0.6 is 0 Å². The summed E-state index contributed by atoms with van der Waals surface area (Å²) in [4.78, 5) is 22.7. The third-order valence-corrected chi connectivity index (χ3v) is 3.46. The van der Waals surface area contributed by atoms with E-state index < -0.39 is 12.2 Å². The van der Waals surface area contributed by atoms with E-state index in [1.54, 1.807) is 20.8 Å². The number of aryl methyl sites for hydroxylation is 1. The van der Waals surface area contributed by atoms with E-state index in [-0.39, 0.29) is 38.5 Å². The minimum absolute atomic E-state index is 0. The van der Waals surface area contributed by atoms with Crippen molar-refractivity contribution in [2.75, 3.05) is 5.32 Å². The molecule has 0 spiro atoms. The number of nitrogens with one attached hydrogen (secondary N) is 1. The number of ketones is 1. The molecule has 2 rings (SSSR count). The number of Topliss-reactive ketones (excluding diaryl/α,β-unsaturated/α-hetero) is 1. The number of benzene rings is 1. The van der Waals surface area contributed by atoms with Crippen LogP contribution in [0.15, 0.2) is 28.8 Å². The van der Waals surface area contributed by atoms with Crippen molar-refractivity contribution in [1.29, 1.82) is 0 Å². The van der Waals surface area contributed by atoms with Crippen molar-refractivity contribution in [3.63, 3.8) is 0 Å². The Morgan fingerprint density at radius 1 is 1.36 bits per heavy atom. The first-order valence-corrected chi connectivity index (χ1v) is 8.54. The number of ether oxygens (including phenoxy) is 1. The van der Waals surface area contributed by atoms with Crippen molar-refractivity contribution in [1.82, 2.24) is 5.16 Å². The van der Waals surface area contributed by atoms with Gasteiger partial charge in [-0.2, -0.15) is 0 Å². The summed E-state index contributed by atoms with van der Waals surface area (Å²) in [6.07, 6.45) is -0.0962. The average molecular weight is 453 g/mol. The van der Waals surface area contributed by atoms with Gasteiger partial charge >= 0.3 is 6.09 Å². The molecular formula is C20H21BN2O4Y-. The van der Waals surface area contributed by atoms with Gasteiger partial charge in [-0.15, -0.1) is 5.92 Å². The van der Waals surface area contributed by atoms with Gasteiger partial charge in [-0.05, 0) is 56.9 Å². The molecule has 1 aromatic heterocycles. The van der Waals surface area contributed by atoms with Crippen molar-refractivity contribution in [2.45, 2.75) is 39.5 Å². The molecule has 1 heterocycles. The minimum atomic E-state index is -0.616. The molecule has 0 saturated carbocycles. The zero-order valence-electron chi connectivity index (χ0n) is 16.2. The Kier molecular flexibility index (Phi) is 10.2. The maximum atomic E-state index is 11.8. The maximum Gasteiger partial charge on any atom is 0.409 e. The number of carbonyl (C=O) groups is 2. The fourth-order valence-corrected chi connectivity index (χ4v) is 2.23. The van der Waals surface area contributed by atoms with Crippen LogP contribution in [0.3, 0.4) is 0 Å². The third kappa shape index (κ3) is 7.61. The van der Waals surface area contributed by atoms with Gasteiger partial charge in [0.1, 0.15) is 24.4 Å². The van der Waals surface area contributed by atoms with E-state index in [0.717, 1.165) is 11.1 Å². The van der Waals surface area contributed by atoms with E-state index in [1.165, 1.54) is 0 Å². The zero-order valence-corrected chi connectivity index (χ0v) is 19.1. The predicted molar refractivity (Wildman–Crippen MR) is 105 cm³/mol. The van der Waals surface area contributed by atoms with E-state index in [4.69, 9.17) is 9.26 Å². The van der Waals surface area contributed by atoms with Gasteiger partial charge in [-0.3, -0.25) is 5.32 Å². The van der Waals surface area contributed by atoms with Crippen LogP contribution in [0.5, 0.6) is 0 Å². The summed E-state index contributed by atoms with van der Waals surface area (Å²) in [7, 11) is 1.85. The molecule has 6 nitrogen and oxygen atoms in total. The van der Waals surface area contributed by atoms with E-state index in [1.807, 2.05) is 31.5 Å². The van der Waals surface area contributed by atoms with E-state index in [9.17, 15) is 9.59 Å². The number of rotatable bonds is 6. The molecule has 142 valence electrons. The molecule has 1 amide bonds. The maximum absolute atomic E-state index is 11.8. The van der Waals surface area contributed by atoms with Gasteiger partial charge in [0.05, 0.1) is 0 Å². The molecule has 0 saturated heterocycles. The van der Waals surface area contributed by atoms with Gasteiger partial charge in [0.15, 0.2) is 5.76 Å². The number of aromatic nitrogens is 1. The number of amides is 1.